The minimum Gasteiger partial charge on any atom is -0.349 e. The number of amides is 1. The van der Waals surface area contributed by atoms with Gasteiger partial charge in [-0.1, -0.05) is 47.6 Å². The van der Waals surface area contributed by atoms with Gasteiger partial charge in [-0.15, -0.1) is 11.3 Å². The van der Waals surface area contributed by atoms with E-state index in [9.17, 15) is 9.59 Å². The van der Waals surface area contributed by atoms with Crippen LogP contribution in [0.5, 0.6) is 0 Å². The molecular weight excluding hydrogens is 450 g/mol. The standard InChI is InChI=1S/C23H18ClN3O2S2/c24-15-6-8-16(9-7-15)27-22(29)21-19(11-12-30-21)26-23(27)31-13-20(28)25-18-10-5-14-3-1-2-4-17(14)18/h1-4,6-9,11-12,18H,5,10,13H2,(H,25,28)/t18-/m1/s1. The molecule has 156 valence electrons. The summed E-state index contributed by atoms with van der Waals surface area (Å²) < 4.78 is 2.14. The summed E-state index contributed by atoms with van der Waals surface area (Å²) in [7, 11) is 0. The van der Waals surface area contributed by atoms with Gasteiger partial charge in [-0.25, -0.2) is 4.98 Å². The van der Waals surface area contributed by atoms with Crippen LogP contribution in [-0.4, -0.2) is 21.2 Å². The first-order valence-electron chi connectivity index (χ1n) is 9.86. The zero-order valence-electron chi connectivity index (χ0n) is 16.4. The number of aryl methyl sites for hydroxylation is 1. The van der Waals surface area contributed by atoms with E-state index in [0.717, 1.165) is 12.8 Å². The normalized spacial score (nSPS) is 15.2. The Morgan fingerprint density at radius 2 is 2.00 bits per heavy atom. The van der Waals surface area contributed by atoms with Crippen molar-refractivity contribution in [3.8, 4) is 5.69 Å². The smallest absolute Gasteiger partial charge is 0.276 e. The lowest BCUT2D eigenvalue weighted by Gasteiger charge is -2.15. The number of halogens is 1. The molecule has 31 heavy (non-hydrogen) atoms. The van der Waals surface area contributed by atoms with Crippen LogP contribution in [0.2, 0.25) is 5.02 Å². The summed E-state index contributed by atoms with van der Waals surface area (Å²) in [5, 5.41) is 6.06. The van der Waals surface area contributed by atoms with Crippen LogP contribution in [0.1, 0.15) is 23.6 Å². The molecule has 0 saturated heterocycles. The number of aromatic nitrogens is 2. The molecule has 0 bridgehead atoms. The van der Waals surface area contributed by atoms with E-state index in [-0.39, 0.29) is 23.3 Å². The number of carbonyl (C=O) groups is 1. The van der Waals surface area contributed by atoms with Gasteiger partial charge >= 0.3 is 0 Å². The highest BCUT2D eigenvalue weighted by Gasteiger charge is 2.24. The number of carbonyl (C=O) groups excluding carboxylic acids is 1. The Morgan fingerprint density at radius 3 is 2.84 bits per heavy atom. The molecule has 1 aliphatic carbocycles. The van der Waals surface area contributed by atoms with Crippen LogP contribution in [-0.2, 0) is 11.2 Å². The maximum Gasteiger partial charge on any atom is 0.276 e. The van der Waals surface area contributed by atoms with E-state index in [1.807, 2.05) is 23.6 Å². The van der Waals surface area contributed by atoms with Crippen molar-refractivity contribution in [3.63, 3.8) is 0 Å². The molecule has 1 amide bonds. The molecular formula is C23H18ClN3O2S2. The SMILES string of the molecule is O=C(CSc1nc2ccsc2c(=O)n1-c1ccc(Cl)cc1)N[C@@H]1CCc2ccccc21. The van der Waals surface area contributed by atoms with E-state index >= 15 is 0 Å². The third-order valence-corrected chi connectivity index (χ3v) is 7.42. The van der Waals surface area contributed by atoms with Crippen molar-refractivity contribution in [1.29, 1.82) is 0 Å². The second-order valence-electron chi connectivity index (χ2n) is 7.29. The van der Waals surface area contributed by atoms with Gasteiger partial charge < -0.3 is 5.32 Å². The highest BCUT2D eigenvalue weighted by Crippen LogP contribution is 2.31. The number of benzene rings is 2. The molecule has 1 aliphatic rings. The second kappa shape index (κ2) is 8.49. The van der Waals surface area contributed by atoms with Crippen molar-refractivity contribution in [3.05, 3.63) is 86.5 Å². The monoisotopic (exact) mass is 467 g/mol. The van der Waals surface area contributed by atoms with E-state index in [1.54, 1.807) is 28.8 Å². The van der Waals surface area contributed by atoms with Crippen LogP contribution in [0.4, 0.5) is 0 Å². The fourth-order valence-corrected chi connectivity index (χ4v) is 5.59. The highest BCUT2D eigenvalue weighted by atomic mass is 35.5. The lowest BCUT2D eigenvalue weighted by Crippen LogP contribution is -2.29. The molecule has 2 heterocycles. The molecule has 0 fully saturated rings. The number of nitrogens with one attached hydrogen (secondary N) is 1. The number of thiophene rings is 1. The van der Waals surface area contributed by atoms with Gasteiger partial charge in [0.2, 0.25) is 5.91 Å². The fourth-order valence-electron chi connectivity index (χ4n) is 3.88. The number of hydrogen-bond donors (Lipinski definition) is 1. The first kappa shape index (κ1) is 20.3. The molecule has 0 radical (unpaired) electrons. The summed E-state index contributed by atoms with van der Waals surface area (Å²) in [6.07, 6.45) is 1.88. The van der Waals surface area contributed by atoms with Gasteiger partial charge in [-0.3, -0.25) is 14.2 Å². The van der Waals surface area contributed by atoms with Crippen LogP contribution in [0, 0.1) is 0 Å². The Bertz CT molecular complexity index is 1330. The van der Waals surface area contributed by atoms with E-state index in [0.29, 0.717) is 26.1 Å². The lowest BCUT2D eigenvalue weighted by molar-refractivity contribution is -0.119. The Morgan fingerprint density at radius 1 is 1.19 bits per heavy atom. The zero-order chi connectivity index (χ0) is 21.4. The zero-order valence-corrected chi connectivity index (χ0v) is 18.8. The van der Waals surface area contributed by atoms with E-state index in [4.69, 9.17) is 11.6 Å². The molecule has 0 spiro atoms. The van der Waals surface area contributed by atoms with Crippen molar-refractivity contribution < 1.29 is 4.79 Å². The van der Waals surface area contributed by atoms with Crippen LogP contribution in [0.25, 0.3) is 15.9 Å². The van der Waals surface area contributed by atoms with Gasteiger partial charge in [-0.2, -0.15) is 0 Å². The average molecular weight is 468 g/mol. The molecule has 1 atom stereocenters. The van der Waals surface area contributed by atoms with Crippen LogP contribution < -0.4 is 10.9 Å². The van der Waals surface area contributed by atoms with E-state index in [1.165, 1.54) is 34.2 Å². The Hall–Kier alpha value is -2.61. The molecule has 0 saturated carbocycles. The van der Waals surface area contributed by atoms with Gasteiger partial charge in [-0.05, 0) is 59.7 Å². The maximum absolute atomic E-state index is 13.1. The van der Waals surface area contributed by atoms with Crippen LogP contribution in [0.3, 0.4) is 0 Å². The largest absolute Gasteiger partial charge is 0.349 e. The summed E-state index contributed by atoms with van der Waals surface area (Å²) in [5.74, 6) is 0.1000. The average Bonchev–Trinajstić information content (AvgIpc) is 3.41. The summed E-state index contributed by atoms with van der Waals surface area (Å²) in [5.41, 5.74) is 3.66. The predicted molar refractivity (Wildman–Crippen MR) is 127 cm³/mol. The molecule has 8 heteroatoms. The van der Waals surface area contributed by atoms with Gasteiger partial charge in [0.05, 0.1) is 23.0 Å². The van der Waals surface area contributed by atoms with Crippen molar-refractivity contribution in [1.82, 2.24) is 14.9 Å². The molecule has 4 aromatic rings. The molecule has 1 N–H and O–H groups in total. The third kappa shape index (κ3) is 4.01. The number of fused-ring (bicyclic) bond motifs is 2. The first-order valence-corrected chi connectivity index (χ1v) is 12.1. The molecule has 5 rings (SSSR count). The highest BCUT2D eigenvalue weighted by molar-refractivity contribution is 7.99. The Balaban J connectivity index is 1.40. The van der Waals surface area contributed by atoms with Gasteiger partial charge in [0.15, 0.2) is 5.16 Å². The lowest BCUT2D eigenvalue weighted by atomic mass is 10.1. The molecule has 0 aliphatic heterocycles. The van der Waals surface area contributed by atoms with Crippen molar-refractivity contribution in [2.24, 2.45) is 0 Å². The first-order chi connectivity index (χ1) is 15.1. The van der Waals surface area contributed by atoms with Crippen LogP contribution >= 0.6 is 34.7 Å². The summed E-state index contributed by atoms with van der Waals surface area (Å²) >= 11 is 8.64. The molecule has 2 aromatic heterocycles. The third-order valence-electron chi connectivity index (χ3n) is 5.33. The Labute approximate surface area is 192 Å². The minimum atomic E-state index is -0.144. The number of thioether (sulfide) groups is 1. The van der Waals surface area contributed by atoms with Crippen molar-refractivity contribution >= 4 is 50.8 Å². The summed E-state index contributed by atoms with van der Waals surface area (Å²) in [6.45, 7) is 0. The second-order valence-corrected chi connectivity index (χ2v) is 9.59. The Kier molecular flexibility index (Phi) is 5.56. The van der Waals surface area contributed by atoms with Gasteiger partial charge in [0.25, 0.3) is 5.56 Å². The fraction of sp³-hybridized carbons (Fsp3) is 0.174. The topological polar surface area (TPSA) is 64.0 Å². The number of hydrogen-bond acceptors (Lipinski definition) is 5. The number of rotatable bonds is 5. The van der Waals surface area contributed by atoms with E-state index < -0.39 is 0 Å². The van der Waals surface area contributed by atoms with Crippen molar-refractivity contribution in [2.45, 2.75) is 24.0 Å². The maximum atomic E-state index is 13.1. The summed E-state index contributed by atoms with van der Waals surface area (Å²) in [4.78, 5) is 30.5. The van der Waals surface area contributed by atoms with Crippen molar-refractivity contribution in [2.75, 3.05) is 5.75 Å². The van der Waals surface area contributed by atoms with E-state index in [2.05, 4.69) is 22.4 Å². The predicted octanol–water partition coefficient (Wildman–Crippen LogP) is 5.00. The molecule has 2 aromatic carbocycles. The molecule has 5 nitrogen and oxygen atoms in total. The van der Waals surface area contributed by atoms with Gasteiger partial charge in [0.1, 0.15) is 4.70 Å². The summed E-state index contributed by atoms with van der Waals surface area (Å²) in [6, 6.07) is 17.1. The quantitative estimate of drug-likeness (QED) is 0.331. The number of nitrogens with zero attached hydrogens (tertiary/aromatic N) is 2. The minimum absolute atomic E-state index is 0.0371. The van der Waals surface area contributed by atoms with Gasteiger partial charge in [0, 0.05) is 5.02 Å². The molecule has 0 unspecified atom stereocenters. The van der Waals surface area contributed by atoms with Crippen LogP contribution in [0.15, 0.2) is 69.9 Å².